The summed E-state index contributed by atoms with van der Waals surface area (Å²) in [7, 11) is 0. The summed E-state index contributed by atoms with van der Waals surface area (Å²) in [6, 6.07) is 2.35. The van der Waals surface area contributed by atoms with Crippen molar-refractivity contribution in [3.63, 3.8) is 0 Å². The predicted octanol–water partition coefficient (Wildman–Crippen LogP) is 3.18. The summed E-state index contributed by atoms with van der Waals surface area (Å²) in [5.74, 6) is -2.58. The second-order valence-electron chi connectivity index (χ2n) is 3.14. The molecule has 1 rings (SSSR count). The molecule has 0 aliphatic carbocycles. The molecular weight excluding hydrogens is 174 g/mol. The summed E-state index contributed by atoms with van der Waals surface area (Å²) in [6.07, 6.45) is 0.809. The van der Waals surface area contributed by atoms with Crippen molar-refractivity contribution in [3.05, 3.63) is 29.3 Å². The van der Waals surface area contributed by atoms with E-state index < -0.39 is 17.4 Å². The summed E-state index contributed by atoms with van der Waals surface area (Å²) >= 11 is 0. The third-order valence-corrected chi connectivity index (χ3v) is 2.22. The fourth-order valence-corrected chi connectivity index (χ4v) is 1.11. The van der Waals surface area contributed by atoms with Gasteiger partial charge in [0, 0.05) is 0 Å². The van der Waals surface area contributed by atoms with Crippen molar-refractivity contribution in [2.24, 2.45) is 0 Å². The Morgan fingerprint density at radius 1 is 1.31 bits per heavy atom. The van der Waals surface area contributed by atoms with Crippen molar-refractivity contribution in [3.8, 4) is 5.75 Å². The van der Waals surface area contributed by atoms with E-state index in [1.165, 1.54) is 12.1 Å². The third-order valence-electron chi connectivity index (χ3n) is 2.22. The smallest absolute Gasteiger partial charge is 0.187 e. The molecule has 1 aromatic carbocycles. The average Bonchev–Trinajstić information content (AvgIpc) is 2.12. The van der Waals surface area contributed by atoms with Crippen molar-refractivity contribution in [2.45, 2.75) is 26.2 Å². The van der Waals surface area contributed by atoms with E-state index in [4.69, 9.17) is 5.11 Å². The van der Waals surface area contributed by atoms with Crippen LogP contribution in [0.5, 0.6) is 5.75 Å². The van der Waals surface area contributed by atoms with Gasteiger partial charge in [0.25, 0.3) is 0 Å². The Morgan fingerprint density at radius 3 is 2.15 bits per heavy atom. The molecule has 0 saturated carbocycles. The van der Waals surface area contributed by atoms with Gasteiger partial charge in [-0.2, -0.15) is 0 Å². The van der Waals surface area contributed by atoms with Crippen LogP contribution < -0.4 is 0 Å². The number of benzene rings is 1. The van der Waals surface area contributed by atoms with Gasteiger partial charge >= 0.3 is 0 Å². The fourth-order valence-electron chi connectivity index (χ4n) is 1.11. The molecule has 1 nitrogen and oxygen atoms in total. The van der Waals surface area contributed by atoms with Crippen LogP contribution in [-0.2, 0) is 0 Å². The molecule has 0 radical (unpaired) electrons. The number of hydrogen-bond acceptors (Lipinski definition) is 1. The van der Waals surface area contributed by atoms with Crippen LogP contribution in [0, 0.1) is 11.6 Å². The molecule has 0 aromatic heterocycles. The van der Waals surface area contributed by atoms with Crippen LogP contribution in [0.4, 0.5) is 8.78 Å². The minimum Gasteiger partial charge on any atom is -0.503 e. The standard InChI is InChI=1S/C10H12F2O/c1-3-6(2)7-4-8(11)10(13)9(12)5-7/h4-6,13H,3H2,1-2H3. The van der Waals surface area contributed by atoms with E-state index in [1.54, 1.807) is 0 Å². The van der Waals surface area contributed by atoms with Crippen molar-refractivity contribution in [1.29, 1.82) is 0 Å². The fraction of sp³-hybridized carbons (Fsp3) is 0.400. The lowest BCUT2D eigenvalue weighted by Gasteiger charge is -2.09. The molecule has 0 spiro atoms. The summed E-state index contributed by atoms with van der Waals surface area (Å²) < 4.78 is 25.7. The van der Waals surface area contributed by atoms with Gasteiger partial charge in [-0.1, -0.05) is 13.8 Å². The van der Waals surface area contributed by atoms with Crippen molar-refractivity contribution in [1.82, 2.24) is 0 Å². The Labute approximate surface area is 76.0 Å². The van der Waals surface area contributed by atoms with Crippen LogP contribution >= 0.6 is 0 Å². The van der Waals surface area contributed by atoms with Gasteiger partial charge in [0.1, 0.15) is 0 Å². The van der Waals surface area contributed by atoms with Crippen molar-refractivity contribution in [2.75, 3.05) is 0 Å². The first-order chi connectivity index (χ1) is 6.06. The number of rotatable bonds is 2. The van der Waals surface area contributed by atoms with E-state index in [-0.39, 0.29) is 5.92 Å². The second kappa shape index (κ2) is 3.73. The lowest BCUT2D eigenvalue weighted by Crippen LogP contribution is -1.94. The topological polar surface area (TPSA) is 20.2 Å². The number of hydrogen-bond donors (Lipinski definition) is 1. The van der Waals surface area contributed by atoms with Gasteiger partial charge in [-0.3, -0.25) is 0 Å². The monoisotopic (exact) mass is 186 g/mol. The largest absolute Gasteiger partial charge is 0.503 e. The number of phenolic OH excluding ortho intramolecular Hbond substituents is 1. The molecule has 1 unspecified atom stereocenters. The molecule has 0 heterocycles. The maximum absolute atomic E-state index is 12.8. The van der Waals surface area contributed by atoms with E-state index in [1.807, 2.05) is 13.8 Å². The first-order valence-corrected chi connectivity index (χ1v) is 4.24. The summed E-state index contributed by atoms with van der Waals surface area (Å²) in [5.41, 5.74) is 0.579. The molecule has 0 aliphatic heterocycles. The van der Waals surface area contributed by atoms with E-state index in [2.05, 4.69) is 0 Å². The van der Waals surface area contributed by atoms with Gasteiger partial charge < -0.3 is 5.11 Å². The molecule has 0 amide bonds. The SMILES string of the molecule is CCC(C)c1cc(F)c(O)c(F)c1. The Hall–Kier alpha value is -1.12. The van der Waals surface area contributed by atoms with E-state index in [0.717, 1.165) is 6.42 Å². The normalized spacial score (nSPS) is 12.9. The molecule has 13 heavy (non-hydrogen) atoms. The highest BCUT2D eigenvalue weighted by molar-refractivity contribution is 5.31. The second-order valence-corrected chi connectivity index (χ2v) is 3.14. The average molecular weight is 186 g/mol. The number of aromatic hydroxyl groups is 1. The van der Waals surface area contributed by atoms with Gasteiger partial charge in [0.05, 0.1) is 0 Å². The van der Waals surface area contributed by atoms with Crippen LogP contribution in [-0.4, -0.2) is 5.11 Å². The first-order valence-electron chi connectivity index (χ1n) is 4.24. The lowest BCUT2D eigenvalue weighted by molar-refractivity contribution is 0.394. The molecule has 72 valence electrons. The predicted molar refractivity (Wildman–Crippen MR) is 46.7 cm³/mol. The highest BCUT2D eigenvalue weighted by Gasteiger charge is 2.12. The van der Waals surface area contributed by atoms with E-state index in [9.17, 15) is 8.78 Å². The lowest BCUT2D eigenvalue weighted by atomic mass is 9.98. The van der Waals surface area contributed by atoms with Gasteiger partial charge in [-0.25, -0.2) is 8.78 Å². The number of halogens is 2. The Kier molecular flexibility index (Phi) is 2.86. The zero-order valence-electron chi connectivity index (χ0n) is 7.64. The Balaban J connectivity index is 3.13. The summed E-state index contributed by atoms with van der Waals surface area (Å²) in [5, 5.41) is 8.84. The first kappa shape index (κ1) is 9.96. The van der Waals surface area contributed by atoms with Crippen LogP contribution in [0.15, 0.2) is 12.1 Å². The van der Waals surface area contributed by atoms with Crippen molar-refractivity contribution >= 4 is 0 Å². The third kappa shape index (κ3) is 1.97. The van der Waals surface area contributed by atoms with Gasteiger partial charge in [0.2, 0.25) is 0 Å². The van der Waals surface area contributed by atoms with E-state index in [0.29, 0.717) is 5.56 Å². The van der Waals surface area contributed by atoms with Crippen LogP contribution in [0.25, 0.3) is 0 Å². The zero-order valence-corrected chi connectivity index (χ0v) is 7.64. The van der Waals surface area contributed by atoms with E-state index >= 15 is 0 Å². The molecule has 0 saturated heterocycles. The molecule has 0 fully saturated rings. The Morgan fingerprint density at radius 2 is 1.77 bits per heavy atom. The molecule has 1 aromatic rings. The molecule has 0 bridgehead atoms. The number of phenols is 1. The minimum atomic E-state index is -0.896. The van der Waals surface area contributed by atoms with Crippen LogP contribution in [0.3, 0.4) is 0 Å². The minimum absolute atomic E-state index is 0.101. The van der Waals surface area contributed by atoms with Gasteiger partial charge in [-0.05, 0) is 30.0 Å². The zero-order chi connectivity index (χ0) is 10.0. The van der Waals surface area contributed by atoms with Crippen molar-refractivity contribution < 1.29 is 13.9 Å². The molecule has 1 N–H and O–H groups in total. The molecule has 0 aliphatic rings. The highest BCUT2D eigenvalue weighted by Crippen LogP contribution is 2.26. The quantitative estimate of drug-likeness (QED) is 0.752. The maximum Gasteiger partial charge on any atom is 0.187 e. The molecule has 1 atom stereocenters. The van der Waals surface area contributed by atoms with Crippen LogP contribution in [0.1, 0.15) is 31.7 Å². The van der Waals surface area contributed by atoms with Crippen LogP contribution in [0.2, 0.25) is 0 Å². The summed E-state index contributed by atoms with van der Waals surface area (Å²) in [6.45, 7) is 3.82. The molecule has 3 heteroatoms. The Bertz CT molecular complexity index is 287. The van der Waals surface area contributed by atoms with Gasteiger partial charge in [-0.15, -0.1) is 0 Å². The van der Waals surface area contributed by atoms with Gasteiger partial charge in [0.15, 0.2) is 17.4 Å². The summed E-state index contributed by atoms with van der Waals surface area (Å²) in [4.78, 5) is 0. The highest BCUT2D eigenvalue weighted by atomic mass is 19.1. The molecular formula is C10H12F2O. The maximum atomic E-state index is 12.8.